The highest BCUT2D eigenvalue weighted by Gasteiger charge is 2.43. The first-order valence-electron chi connectivity index (χ1n) is 11.0. The Bertz CT molecular complexity index is 828. The predicted molar refractivity (Wildman–Crippen MR) is 104 cm³/mol. The molecule has 2 aromatic rings. The van der Waals surface area contributed by atoms with Crippen molar-refractivity contribution in [1.82, 2.24) is 4.57 Å². The lowest BCUT2D eigenvalue weighted by atomic mass is 9.83. The minimum Gasteiger partial charge on any atom is -0.334 e. The molecule has 0 radical (unpaired) electrons. The number of aryl methyl sites for hydroxylation is 1. The van der Waals surface area contributed by atoms with Crippen molar-refractivity contribution < 1.29 is 9.64 Å². The second-order valence-electron chi connectivity index (χ2n) is 9.04. The molecule has 1 aromatic heterocycles. The van der Waals surface area contributed by atoms with E-state index in [0.29, 0.717) is 12.3 Å². The maximum Gasteiger partial charge on any atom is 0.194 e. The molecular weight excluding hydrogens is 320 g/mol. The van der Waals surface area contributed by atoms with Crippen LogP contribution < -0.4 is 4.90 Å². The lowest BCUT2D eigenvalue weighted by Gasteiger charge is -2.43. The van der Waals surface area contributed by atoms with Gasteiger partial charge in [-0.05, 0) is 54.9 Å². The number of hydrogen-bond donors (Lipinski definition) is 1. The van der Waals surface area contributed by atoms with Gasteiger partial charge in [-0.2, -0.15) is 0 Å². The van der Waals surface area contributed by atoms with Gasteiger partial charge in [-0.15, -0.1) is 0 Å². The summed E-state index contributed by atoms with van der Waals surface area (Å²) < 4.78 is 8.59. The van der Waals surface area contributed by atoms with Gasteiger partial charge in [0.1, 0.15) is 6.04 Å². The Kier molecular flexibility index (Phi) is 3.69. The average molecular weight is 352 g/mol. The van der Waals surface area contributed by atoms with E-state index >= 15 is 0 Å². The number of ether oxygens (including phenoxy) is 1. The van der Waals surface area contributed by atoms with Gasteiger partial charge in [-0.3, -0.25) is 0 Å². The number of benzene rings is 1. The molecule has 138 valence electrons. The van der Waals surface area contributed by atoms with Crippen molar-refractivity contribution in [2.75, 3.05) is 13.2 Å². The monoisotopic (exact) mass is 351 g/mol. The summed E-state index contributed by atoms with van der Waals surface area (Å²) in [4.78, 5) is 1.72. The minimum atomic E-state index is 0.468. The van der Waals surface area contributed by atoms with E-state index in [4.69, 9.17) is 4.74 Å². The maximum atomic E-state index is 5.91. The predicted octanol–water partition coefficient (Wildman–Crippen LogP) is 3.71. The van der Waals surface area contributed by atoms with Gasteiger partial charge in [0.15, 0.2) is 6.23 Å². The fourth-order valence-corrected chi connectivity index (χ4v) is 6.36. The van der Waals surface area contributed by atoms with Crippen molar-refractivity contribution >= 4 is 10.9 Å². The molecule has 1 aromatic carbocycles. The number of fused-ring (bicyclic) bond motifs is 3. The lowest BCUT2D eigenvalue weighted by Crippen LogP contribution is -3.18. The molecule has 2 fully saturated rings. The standard InChI is InChI=1S/C23H30N2O/c1-2-5-16(6-3-1)17-9-10-20-19(15-17)18-7-4-8-21-23(18)25(20)13-12-24(21)22-11-14-26-22/h9-10,15-16,21-22H,1-8,11-14H2/p+1/t21-,22-/m0/s1. The number of nitrogens with one attached hydrogen (secondary N) is 1. The fourth-order valence-electron chi connectivity index (χ4n) is 6.36. The van der Waals surface area contributed by atoms with Crippen LogP contribution >= 0.6 is 0 Å². The number of aromatic nitrogens is 1. The Balaban J connectivity index is 1.45. The van der Waals surface area contributed by atoms with Crippen LogP contribution in [0.3, 0.4) is 0 Å². The summed E-state index contributed by atoms with van der Waals surface area (Å²) in [6.07, 6.45) is 12.8. The topological polar surface area (TPSA) is 18.6 Å². The minimum absolute atomic E-state index is 0.468. The van der Waals surface area contributed by atoms with Crippen molar-refractivity contribution in [1.29, 1.82) is 0 Å². The van der Waals surface area contributed by atoms with Gasteiger partial charge < -0.3 is 14.2 Å². The van der Waals surface area contributed by atoms with Crippen molar-refractivity contribution in [2.45, 2.75) is 82.5 Å². The fraction of sp³-hybridized carbons (Fsp3) is 0.652. The van der Waals surface area contributed by atoms with Gasteiger partial charge in [0.2, 0.25) is 0 Å². The van der Waals surface area contributed by atoms with Gasteiger partial charge in [0, 0.05) is 17.3 Å². The molecule has 6 rings (SSSR count). The highest BCUT2D eigenvalue weighted by molar-refractivity contribution is 5.87. The highest BCUT2D eigenvalue weighted by Crippen LogP contribution is 2.40. The molecule has 3 atom stereocenters. The quantitative estimate of drug-likeness (QED) is 0.874. The molecular formula is C23H31N2O+. The van der Waals surface area contributed by atoms with Gasteiger partial charge in [-0.1, -0.05) is 25.3 Å². The van der Waals surface area contributed by atoms with Crippen molar-refractivity contribution in [3.63, 3.8) is 0 Å². The summed E-state index contributed by atoms with van der Waals surface area (Å²) in [5, 5.41) is 1.59. The molecule has 1 N–H and O–H groups in total. The maximum absolute atomic E-state index is 5.91. The normalized spacial score (nSPS) is 31.6. The van der Waals surface area contributed by atoms with Gasteiger partial charge in [0.25, 0.3) is 0 Å². The Hall–Kier alpha value is -1.32. The third-order valence-corrected chi connectivity index (χ3v) is 7.75. The molecule has 3 heteroatoms. The summed E-state index contributed by atoms with van der Waals surface area (Å²) in [7, 11) is 0. The van der Waals surface area contributed by atoms with Crippen LogP contribution in [0.25, 0.3) is 10.9 Å². The van der Waals surface area contributed by atoms with Crippen LogP contribution in [0.2, 0.25) is 0 Å². The van der Waals surface area contributed by atoms with Crippen LogP contribution in [0, 0.1) is 0 Å². The molecule has 0 amide bonds. The van der Waals surface area contributed by atoms with Gasteiger partial charge >= 0.3 is 0 Å². The molecule has 1 saturated carbocycles. The zero-order chi connectivity index (χ0) is 17.1. The van der Waals surface area contributed by atoms with Crippen LogP contribution in [0.5, 0.6) is 0 Å². The van der Waals surface area contributed by atoms with E-state index < -0.39 is 0 Å². The van der Waals surface area contributed by atoms with Crippen LogP contribution in [0.1, 0.15) is 80.1 Å². The molecule has 1 unspecified atom stereocenters. The number of rotatable bonds is 2. The van der Waals surface area contributed by atoms with E-state index in [1.165, 1.54) is 76.4 Å². The third kappa shape index (κ3) is 2.26. The van der Waals surface area contributed by atoms with E-state index in [9.17, 15) is 0 Å². The molecule has 2 aliphatic carbocycles. The Morgan fingerprint density at radius 3 is 2.69 bits per heavy atom. The molecule has 0 bridgehead atoms. The van der Waals surface area contributed by atoms with E-state index in [0.717, 1.165) is 12.5 Å². The molecule has 1 saturated heterocycles. The van der Waals surface area contributed by atoms with E-state index in [1.807, 2.05) is 0 Å². The number of hydrogen-bond acceptors (Lipinski definition) is 1. The number of quaternary nitrogens is 1. The molecule has 3 heterocycles. The largest absolute Gasteiger partial charge is 0.334 e. The van der Waals surface area contributed by atoms with Gasteiger partial charge in [0.05, 0.1) is 31.8 Å². The first kappa shape index (κ1) is 15.7. The van der Waals surface area contributed by atoms with E-state index in [2.05, 4.69) is 22.8 Å². The van der Waals surface area contributed by atoms with Crippen molar-refractivity contribution in [2.24, 2.45) is 0 Å². The van der Waals surface area contributed by atoms with Gasteiger partial charge in [-0.25, -0.2) is 0 Å². The first-order valence-corrected chi connectivity index (χ1v) is 11.0. The SMILES string of the molecule is c1cc2c(cc1C1CCCCC1)c1c3n2CC[NH+]([C@@H]2CCO2)[C@H]3CCC1. The van der Waals surface area contributed by atoms with Crippen LogP contribution in [0.4, 0.5) is 0 Å². The third-order valence-electron chi connectivity index (χ3n) is 7.75. The molecule has 2 aliphatic heterocycles. The smallest absolute Gasteiger partial charge is 0.194 e. The Labute approximate surface area is 156 Å². The van der Waals surface area contributed by atoms with Crippen molar-refractivity contribution in [3.05, 3.63) is 35.0 Å². The number of nitrogens with zero attached hydrogens (tertiary/aromatic N) is 1. The second-order valence-corrected chi connectivity index (χ2v) is 9.04. The second kappa shape index (κ2) is 6.10. The van der Waals surface area contributed by atoms with E-state index in [-0.39, 0.29) is 0 Å². The molecule has 0 spiro atoms. The lowest BCUT2D eigenvalue weighted by molar-refractivity contribution is -0.990. The molecule has 4 aliphatic rings. The zero-order valence-corrected chi connectivity index (χ0v) is 15.8. The average Bonchev–Trinajstić information content (AvgIpc) is 2.98. The highest BCUT2D eigenvalue weighted by atomic mass is 16.5. The van der Waals surface area contributed by atoms with E-state index in [1.54, 1.807) is 27.1 Å². The molecule has 3 nitrogen and oxygen atoms in total. The Morgan fingerprint density at radius 2 is 1.88 bits per heavy atom. The van der Waals surface area contributed by atoms with Crippen LogP contribution in [-0.2, 0) is 17.7 Å². The summed E-state index contributed by atoms with van der Waals surface area (Å²) in [6.45, 7) is 3.37. The summed E-state index contributed by atoms with van der Waals surface area (Å²) in [5.74, 6) is 0.808. The van der Waals surface area contributed by atoms with Crippen LogP contribution in [-0.4, -0.2) is 23.9 Å². The summed E-state index contributed by atoms with van der Waals surface area (Å²) in [5.41, 5.74) is 6.48. The first-order chi connectivity index (χ1) is 12.9. The molecule has 26 heavy (non-hydrogen) atoms. The summed E-state index contributed by atoms with van der Waals surface area (Å²) >= 11 is 0. The van der Waals surface area contributed by atoms with Crippen LogP contribution in [0.15, 0.2) is 18.2 Å². The summed E-state index contributed by atoms with van der Waals surface area (Å²) in [6, 6.07) is 8.17. The Morgan fingerprint density at radius 1 is 1.00 bits per heavy atom. The zero-order valence-electron chi connectivity index (χ0n) is 15.8. The van der Waals surface area contributed by atoms with Crippen molar-refractivity contribution in [3.8, 4) is 0 Å².